The van der Waals surface area contributed by atoms with Gasteiger partial charge in [0.05, 0.1) is 11.7 Å². The molecular weight excluding hydrogens is 276 g/mol. The molecule has 0 aliphatic carbocycles. The molecule has 0 aliphatic rings. The van der Waals surface area contributed by atoms with Crippen LogP contribution in [-0.4, -0.2) is 21.5 Å². The first-order valence-corrected chi connectivity index (χ1v) is 7.56. The van der Waals surface area contributed by atoms with E-state index < -0.39 is 0 Å². The maximum Gasteiger partial charge on any atom is 0.140 e. The third kappa shape index (κ3) is 3.66. The zero-order valence-corrected chi connectivity index (χ0v) is 12.9. The highest BCUT2D eigenvalue weighted by atomic mass is 16.3. The molecular formula is C17H22N4O. The number of anilines is 1. The highest BCUT2D eigenvalue weighted by Gasteiger charge is 2.19. The fourth-order valence-corrected chi connectivity index (χ4v) is 2.71. The van der Waals surface area contributed by atoms with Crippen molar-refractivity contribution >= 4 is 5.82 Å². The van der Waals surface area contributed by atoms with Gasteiger partial charge in [0.15, 0.2) is 0 Å². The Morgan fingerprint density at radius 2 is 2.05 bits per heavy atom. The molecule has 0 spiro atoms. The summed E-state index contributed by atoms with van der Waals surface area (Å²) in [5.74, 6) is 0.401. The van der Waals surface area contributed by atoms with Gasteiger partial charge in [-0.1, -0.05) is 30.3 Å². The maximum atomic E-state index is 9.29. The lowest BCUT2D eigenvalue weighted by Gasteiger charge is -2.18. The molecule has 3 N–H and O–H groups in total. The van der Waals surface area contributed by atoms with Crippen LogP contribution in [0.1, 0.15) is 42.1 Å². The molecule has 0 radical (unpaired) electrons. The summed E-state index contributed by atoms with van der Waals surface area (Å²) < 4.78 is 1.70. The van der Waals surface area contributed by atoms with Crippen LogP contribution in [0, 0.1) is 18.3 Å². The number of nitrogens with two attached hydrogens (primary N) is 1. The fourth-order valence-electron chi connectivity index (χ4n) is 2.71. The van der Waals surface area contributed by atoms with E-state index in [9.17, 15) is 5.11 Å². The molecule has 0 aliphatic heterocycles. The van der Waals surface area contributed by atoms with Gasteiger partial charge in [-0.15, -0.1) is 0 Å². The Balaban J connectivity index is 2.05. The van der Waals surface area contributed by atoms with E-state index in [1.807, 2.05) is 18.2 Å². The van der Waals surface area contributed by atoms with Gasteiger partial charge in [0, 0.05) is 6.61 Å². The van der Waals surface area contributed by atoms with Crippen molar-refractivity contribution in [2.45, 2.75) is 38.6 Å². The number of aromatic nitrogens is 2. The van der Waals surface area contributed by atoms with E-state index in [0.29, 0.717) is 23.5 Å². The van der Waals surface area contributed by atoms with E-state index in [2.05, 4.69) is 23.3 Å². The number of benzene rings is 1. The van der Waals surface area contributed by atoms with Crippen LogP contribution >= 0.6 is 0 Å². The predicted molar refractivity (Wildman–Crippen MR) is 86.2 cm³/mol. The van der Waals surface area contributed by atoms with Gasteiger partial charge >= 0.3 is 0 Å². The van der Waals surface area contributed by atoms with Crippen molar-refractivity contribution in [2.24, 2.45) is 0 Å². The molecule has 5 heteroatoms. The number of rotatable bonds is 7. The van der Waals surface area contributed by atoms with Crippen molar-refractivity contribution in [1.82, 2.24) is 9.78 Å². The first-order valence-electron chi connectivity index (χ1n) is 7.56. The van der Waals surface area contributed by atoms with Crippen LogP contribution in [0.25, 0.3) is 0 Å². The minimum atomic E-state index is 0.0227. The molecule has 1 atom stereocenters. The summed E-state index contributed by atoms with van der Waals surface area (Å²) >= 11 is 0. The third-order valence-electron chi connectivity index (χ3n) is 3.89. The molecule has 0 bridgehead atoms. The van der Waals surface area contributed by atoms with Crippen LogP contribution in [0.3, 0.4) is 0 Å². The van der Waals surface area contributed by atoms with Crippen molar-refractivity contribution in [3.05, 3.63) is 47.2 Å². The second kappa shape index (κ2) is 7.62. The number of nitriles is 1. The summed E-state index contributed by atoms with van der Waals surface area (Å²) in [6.07, 6.45) is 3.42. The molecule has 22 heavy (non-hydrogen) atoms. The number of nitrogen functional groups attached to an aromatic ring is 1. The van der Waals surface area contributed by atoms with E-state index in [4.69, 9.17) is 11.0 Å². The predicted octanol–water partition coefficient (Wildman–Crippen LogP) is 2.59. The van der Waals surface area contributed by atoms with Crippen molar-refractivity contribution in [3.63, 3.8) is 0 Å². The van der Waals surface area contributed by atoms with Crippen LogP contribution in [0.5, 0.6) is 0 Å². The van der Waals surface area contributed by atoms with Crippen LogP contribution < -0.4 is 5.73 Å². The molecule has 0 saturated carbocycles. The van der Waals surface area contributed by atoms with Crippen molar-refractivity contribution in [3.8, 4) is 6.07 Å². The fraction of sp³-hybridized carbons (Fsp3) is 0.412. The second-order valence-corrected chi connectivity index (χ2v) is 5.45. The van der Waals surface area contributed by atoms with Gasteiger partial charge in [-0.05, 0) is 38.2 Å². The van der Waals surface area contributed by atoms with E-state index in [-0.39, 0.29) is 12.6 Å². The molecule has 1 aromatic heterocycles. The zero-order chi connectivity index (χ0) is 15.9. The molecule has 1 unspecified atom stereocenters. The van der Waals surface area contributed by atoms with Gasteiger partial charge in [0.1, 0.15) is 17.5 Å². The molecule has 116 valence electrons. The van der Waals surface area contributed by atoms with E-state index in [0.717, 1.165) is 19.3 Å². The summed E-state index contributed by atoms with van der Waals surface area (Å²) in [6.45, 7) is 1.86. The Bertz CT molecular complexity index is 643. The van der Waals surface area contributed by atoms with E-state index in [1.165, 1.54) is 5.56 Å². The summed E-state index contributed by atoms with van der Waals surface area (Å²) in [6, 6.07) is 12.4. The standard InChI is InChI=1S/C17H22N4O/c1-13-16(12-18)17(19)21(20-13)15(10-11-22)9-5-8-14-6-3-2-4-7-14/h2-4,6-7,15,22H,5,8-11,19H2,1H3. The molecule has 0 amide bonds. The maximum absolute atomic E-state index is 9.29. The molecule has 0 saturated heterocycles. The van der Waals surface area contributed by atoms with Crippen molar-refractivity contribution < 1.29 is 5.11 Å². The van der Waals surface area contributed by atoms with Crippen LogP contribution in [0.15, 0.2) is 30.3 Å². The summed E-state index contributed by atoms with van der Waals surface area (Å²) in [7, 11) is 0. The molecule has 2 rings (SSSR count). The first-order chi connectivity index (χ1) is 10.7. The molecule has 1 heterocycles. The average molecular weight is 298 g/mol. The van der Waals surface area contributed by atoms with Gasteiger partial charge in [-0.3, -0.25) is 0 Å². The normalized spacial score (nSPS) is 12.0. The highest BCUT2D eigenvalue weighted by molar-refractivity contribution is 5.51. The number of aliphatic hydroxyl groups is 1. The Labute approximate surface area is 131 Å². The molecule has 5 nitrogen and oxygen atoms in total. The summed E-state index contributed by atoms with van der Waals surface area (Å²) in [5.41, 5.74) is 8.40. The van der Waals surface area contributed by atoms with Crippen LogP contribution in [0.2, 0.25) is 0 Å². The summed E-state index contributed by atoms with van der Waals surface area (Å²) in [5, 5.41) is 22.8. The second-order valence-electron chi connectivity index (χ2n) is 5.45. The summed E-state index contributed by atoms with van der Waals surface area (Å²) in [4.78, 5) is 0. The van der Waals surface area contributed by atoms with Gasteiger partial charge in [0.25, 0.3) is 0 Å². The third-order valence-corrected chi connectivity index (χ3v) is 3.89. The average Bonchev–Trinajstić information content (AvgIpc) is 2.81. The number of aryl methyl sites for hydroxylation is 2. The smallest absolute Gasteiger partial charge is 0.140 e. The minimum absolute atomic E-state index is 0.0227. The minimum Gasteiger partial charge on any atom is -0.396 e. The SMILES string of the molecule is Cc1nn(C(CCO)CCCc2ccccc2)c(N)c1C#N. The lowest BCUT2D eigenvalue weighted by Crippen LogP contribution is -2.15. The topological polar surface area (TPSA) is 87.9 Å². The van der Waals surface area contributed by atoms with Gasteiger partial charge in [-0.25, -0.2) is 4.68 Å². The first kappa shape index (κ1) is 16.1. The molecule has 1 aromatic carbocycles. The number of nitrogens with zero attached hydrogens (tertiary/aromatic N) is 3. The Kier molecular flexibility index (Phi) is 5.56. The lowest BCUT2D eigenvalue weighted by atomic mass is 10.0. The number of hydrogen-bond donors (Lipinski definition) is 2. The lowest BCUT2D eigenvalue weighted by molar-refractivity contribution is 0.245. The largest absolute Gasteiger partial charge is 0.396 e. The van der Waals surface area contributed by atoms with Crippen LogP contribution in [0.4, 0.5) is 5.82 Å². The zero-order valence-electron chi connectivity index (χ0n) is 12.9. The van der Waals surface area contributed by atoms with E-state index in [1.54, 1.807) is 11.6 Å². The van der Waals surface area contributed by atoms with Crippen LogP contribution in [-0.2, 0) is 6.42 Å². The monoisotopic (exact) mass is 298 g/mol. The van der Waals surface area contributed by atoms with Crippen molar-refractivity contribution in [2.75, 3.05) is 12.3 Å². The van der Waals surface area contributed by atoms with Crippen molar-refractivity contribution in [1.29, 1.82) is 5.26 Å². The Morgan fingerprint density at radius 1 is 1.32 bits per heavy atom. The Hall–Kier alpha value is -2.32. The quantitative estimate of drug-likeness (QED) is 0.822. The number of hydrogen-bond acceptors (Lipinski definition) is 4. The van der Waals surface area contributed by atoms with Gasteiger partial charge < -0.3 is 10.8 Å². The van der Waals surface area contributed by atoms with E-state index >= 15 is 0 Å². The number of aliphatic hydroxyl groups excluding tert-OH is 1. The molecule has 0 fully saturated rings. The Morgan fingerprint density at radius 3 is 2.64 bits per heavy atom. The molecule has 2 aromatic rings. The van der Waals surface area contributed by atoms with Gasteiger partial charge in [-0.2, -0.15) is 10.4 Å². The van der Waals surface area contributed by atoms with Gasteiger partial charge in [0.2, 0.25) is 0 Å². The highest BCUT2D eigenvalue weighted by Crippen LogP contribution is 2.25.